The number of ether oxygens (including phenoxy) is 1. The number of rotatable bonds is 11. The van der Waals surface area contributed by atoms with E-state index in [9.17, 15) is 27.6 Å². The Bertz CT molecular complexity index is 1390. The first-order valence-corrected chi connectivity index (χ1v) is 15.5. The molecule has 1 aromatic rings. The van der Waals surface area contributed by atoms with Gasteiger partial charge in [-0.15, -0.1) is 0 Å². The van der Waals surface area contributed by atoms with Crippen molar-refractivity contribution in [2.45, 2.75) is 92.1 Å². The molecule has 13 heteroatoms. The minimum absolute atomic E-state index is 0.0185. The van der Waals surface area contributed by atoms with Crippen LogP contribution in [-0.2, 0) is 33.8 Å². The number of hydrogen-bond donors (Lipinski definition) is 5. The Kier molecular flexibility index (Phi) is 20.5. The zero-order valence-corrected chi connectivity index (χ0v) is 27.9. The molecule has 1 unspecified atom stereocenters. The Labute approximate surface area is 265 Å². The highest BCUT2D eigenvalue weighted by Gasteiger charge is 2.24. The van der Waals surface area contributed by atoms with Gasteiger partial charge in [-0.3, -0.25) is 0 Å². The maximum absolute atomic E-state index is 12.3. The Balaban J connectivity index is 0. The van der Waals surface area contributed by atoms with Gasteiger partial charge in [-0.25, -0.2) is 27.6 Å². The molecule has 0 radical (unpaired) electrons. The highest BCUT2D eigenvalue weighted by molar-refractivity contribution is 7.95. The van der Waals surface area contributed by atoms with Crippen LogP contribution in [0.2, 0.25) is 0 Å². The molecule has 1 atom stereocenters. The molecule has 2 rings (SSSR count). The van der Waals surface area contributed by atoms with Gasteiger partial charge in [0.2, 0.25) is 9.84 Å². The fraction of sp³-hybridized carbons (Fsp3) is 0.438. The molecule has 0 aliphatic carbocycles. The SMILES string of the molecule is C/C(=C\CC1CO1)C(=O)O.C/C=C(\C)C(=O)O.CC/C(=C(/C)C(=O)O)S(=O)(=O)c1ccc(C)cc1.CCC/C(O)=C(/C)C(=O)O. The van der Waals surface area contributed by atoms with Crippen LogP contribution in [0.3, 0.4) is 0 Å². The van der Waals surface area contributed by atoms with Crippen molar-refractivity contribution in [3.05, 3.63) is 74.9 Å². The van der Waals surface area contributed by atoms with Crippen LogP contribution in [0.4, 0.5) is 0 Å². The second-order valence-corrected chi connectivity index (χ2v) is 11.8. The number of aliphatic hydroxyl groups excluding tert-OH is 1. The number of epoxide rings is 1. The third-order valence-corrected chi connectivity index (χ3v) is 8.29. The lowest BCUT2D eigenvalue weighted by Gasteiger charge is -2.09. The summed E-state index contributed by atoms with van der Waals surface area (Å²) in [6, 6.07) is 6.37. The minimum atomic E-state index is -3.71. The molecule has 5 N–H and O–H groups in total. The van der Waals surface area contributed by atoms with Crippen LogP contribution in [0.5, 0.6) is 0 Å². The van der Waals surface area contributed by atoms with E-state index >= 15 is 0 Å². The summed E-state index contributed by atoms with van der Waals surface area (Å²) in [7, 11) is -3.71. The van der Waals surface area contributed by atoms with Gasteiger partial charge in [0.1, 0.15) is 5.76 Å². The van der Waals surface area contributed by atoms with Crippen LogP contribution in [0.15, 0.2) is 74.3 Å². The molecule has 1 heterocycles. The molecule has 0 spiro atoms. The van der Waals surface area contributed by atoms with E-state index in [4.69, 9.17) is 30.3 Å². The first-order valence-electron chi connectivity index (χ1n) is 14.0. The summed E-state index contributed by atoms with van der Waals surface area (Å²) in [4.78, 5) is 41.3. The Morgan fingerprint density at radius 1 is 0.822 bits per heavy atom. The van der Waals surface area contributed by atoms with E-state index in [2.05, 4.69) is 0 Å². The summed E-state index contributed by atoms with van der Waals surface area (Å²) in [6.07, 6.45) is 5.64. The van der Waals surface area contributed by atoms with Crippen molar-refractivity contribution in [2.75, 3.05) is 6.61 Å². The van der Waals surface area contributed by atoms with Gasteiger partial charge in [0, 0.05) is 23.1 Å². The van der Waals surface area contributed by atoms with Gasteiger partial charge in [0.15, 0.2) is 0 Å². The number of aliphatic carboxylic acids is 4. The van der Waals surface area contributed by atoms with Gasteiger partial charge in [-0.05, 0) is 72.9 Å². The smallest absolute Gasteiger partial charge is 0.334 e. The van der Waals surface area contributed by atoms with Gasteiger partial charge in [0.25, 0.3) is 0 Å². The lowest BCUT2D eigenvalue weighted by Crippen LogP contribution is -2.10. The molecule has 45 heavy (non-hydrogen) atoms. The monoisotopic (exact) mass is 654 g/mol. The Morgan fingerprint density at radius 2 is 1.29 bits per heavy atom. The average molecular weight is 655 g/mol. The molecular weight excluding hydrogens is 608 g/mol. The summed E-state index contributed by atoms with van der Waals surface area (Å²) >= 11 is 0. The fourth-order valence-electron chi connectivity index (χ4n) is 2.91. The van der Waals surface area contributed by atoms with Crippen LogP contribution in [0.25, 0.3) is 0 Å². The molecule has 1 aromatic carbocycles. The molecule has 12 nitrogen and oxygen atoms in total. The van der Waals surface area contributed by atoms with Crippen LogP contribution in [0, 0.1) is 6.92 Å². The van der Waals surface area contributed by atoms with E-state index in [1.807, 2.05) is 13.8 Å². The zero-order valence-electron chi connectivity index (χ0n) is 27.1. The third-order valence-electron chi connectivity index (χ3n) is 6.15. The number of carboxylic acid groups (broad SMARTS) is 4. The topological polar surface area (TPSA) is 216 Å². The number of aliphatic hydroxyl groups is 1. The minimum Gasteiger partial charge on any atom is -0.512 e. The molecule has 1 aliphatic rings. The normalized spacial score (nSPS) is 15.2. The summed E-state index contributed by atoms with van der Waals surface area (Å²) in [5.41, 5.74) is 1.65. The number of allylic oxidation sites excluding steroid dienone is 3. The van der Waals surface area contributed by atoms with Gasteiger partial charge >= 0.3 is 23.9 Å². The van der Waals surface area contributed by atoms with Crippen molar-refractivity contribution in [1.29, 1.82) is 0 Å². The maximum Gasteiger partial charge on any atom is 0.334 e. The molecule has 0 aromatic heterocycles. The Hall–Kier alpha value is -4.23. The zero-order chi connectivity index (χ0) is 35.5. The summed E-state index contributed by atoms with van der Waals surface area (Å²) < 4.78 is 29.5. The van der Waals surface area contributed by atoms with Crippen LogP contribution < -0.4 is 0 Å². The number of carbonyl (C=O) groups is 4. The highest BCUT2D eigenvalue weighted by Crippen LogP contribution is 2.25. The van der Waals surface area contributed by atoms with E-state index in [0.29, 0.717) is 17.6 Å². The van der Waals surface area contributed by atoms with E-state index in [0.717, 1.165) is 25.0 Å². The van der Waals surface area contributed by atoms with Gasteiger partial charge in [0.05, 0.1) is 28.1 Å². The van der Waals surface area contributed by atoms with Crippen LogP contribution >= 0.6 is 0 Å². The second kappa shape index (κ2) is 21.5. The molecule has 0 saturated carbocycles. The predicted molar refractivity (Wildman–Crippen MR) is 170 cm³/mol. The standard InChI is InChI=1S/C13H16O4S.C7H10O3.C7H12O3.C5H8O2/c1-4-12(10(3)13(14)15)18(16,17)11-7-5-9(2)6-8-11;1-5(7(8)9)2-3-6-4-10-6;1-3-4-6(8)5(2)7(9)10;1-3-4(2)5(6)7/h5-8H,4H2,1-3H3,(H,14,15);2,6H,3-4H2,1H3,(H,8,9);8H,3-4H2,1-2H3,(H,9,10);3H,1-2H3,(H,6,7)/b12-10+;5-2+;6-5+;4-3+. The van der Waals surface area contributed by atoms with E-state index in [-0.39, 0.29) is 39.2 Å². The second-order valence-electron chi connectivity index (χ2n) is 9.81. The number of hydrogen-bond acceptors (Lipinski definition) is 8. The number of carboxylic acids is 4. The number of sulfone groups is 1. The van der Waals surface area contributed by atoms with Crippen LogP contribution in [-0.4, -0.2) is 70.5 Å². The van der Waals surface area contributed by atoms with Crippen molar-refractivity contribution < 1.29 is 57.9 Å². The summed E-state index contributed by atoms with van der Waals surface area (Å²) in [5, 5.41) is 42.8. The summed E-state index contributed by atoms with van der Waals surface area (Å²) in [6.45, 7) is 13.7. The number of aryl methyl sites for hydroxylation is 1. The fourth-order valence-corrected chi connectivity index (χ4v) is 4.56. The van der Waals surface area contributed by atoms with Gasteiger partial charge in [-0.2, -0.15) is 0 Å². The van der Waals surface area contributed by atoms with E-state index in [1.54, 1.807) is 52.0 Å². The van der Waals surface area contributed by atoms with Gasteiger partial charge < -0.3 is 30.3 Å². The first kappa shape index (κ1) is 42.9. The molecular formula is C32H46O12S. The number of benzene rings is 1. The van der Waals surface area contributed by atoms with E-state index < -0.39 is 33.7 Å². The molecule has 252 valence electrons. The lowest BCUT2D eigenvalue weighted by molar-refractivity contribution is -0.133. The predicted octanol–water partition coefficient (Wildman–Crippen LogP) is 6.08. The van der Waals surface area contributed by atoms with Crippen molar-refractivity contribution in [2.24, 2.45) is 0 Å². The maximum atomic E-state index is 12.3. The third kappa shape index (κ3) is 17.6. The average Bonchev–Trinajstić information content (AvgIpc) is 3.81. The lowest BCUT2D eigenvalue weighted by atomic mass is 10.2. The quantitative estimate of drug-likeness (QED) is 0.104. The molecule has 1 fully saturated rings. The van der Waals surface area contributed by atoms with Crippen molar-refractivity contribution >= 4 is 33.7 Å². The Morgan fingerprint density at radius 3 is 1.60 bits per heavy atom. The van der Waals surface area contributed by atoms with Gasteiger partial charge in [-0.1, -0.05) is 43.7 Å². The molecule has 1 aliphatic heterocycles. The van der Waals surface area contributed by atoms with Crippen molar-refractivity contribution in [3.8, 4) is 0 Å². The summed E-state index contributed by atoms with van der Waals surface area (Å²) in [5.74, 6) is -3.97. The molecule has 0 bridgehead atoms. The van der Waals surface area contributed by atoms with Crippen LogP contribution in [0.1, 0.15) is 79.7 Å². The van der Waals surface area contributed by atoms with E-state index in [1.165, 1.54) is 26.0 Å². The van der Waals surface area contributed by atoms with Crippen molar-refractivity contribution in [1.82, 2.24) is 0 Å². The largest absolute Gasteiger partial charge is 0.512 e. The van der Waals surface area contributed by atoms with Crippen molar-refractivity contribution in [3.63, 3.8) is 0 Å². The first-order chi connectivity index (χ1) is 20.8. The molecule has 0 amide bonds. The molecule has 1 saturated heterocycles. The highest BCUT2D eigenvalue weighted by atomic mass is 32.2.